The molecule has 8 nitrogen and oxygen atoms in total. The first kappa shape index (κ1) is 17.5. The Balaban J connectivity index is 1.48. The Morgan fingerprint density at radius 2 is 1.71 bits per heavy atom. The van der Waals surface area contributed by atoms with Gasteiger partial charge in [0.1, 0.15) is 5.84 Å². The van der Waals surface area contributed by atoms with E-state index in [0.29, 0.717) is 23.2 Å². The van der Waals surface area contributed by atoms with E-state index in [1.54, 1.807) is 0 Å². The number of amides is 1. The Morgan fingerprint density at radius 1 is 0.929 bits per heavy atom. The van der Waals surface area contributed by atoms with Gasteiger partial charge < -0.3 is 10.6 Å². The molecule has 2 aromatic carbocycles. The molecule has 8 heteroatoms. The highest BCUT2D eigenvalue weighted by atomic mass is 16.2. The van der Waals surface area contributed by atoms with Gasteiger partial charge in [0.05, 0.1) is 17.8 Å². The van der Waals surface area contributed by atoms with Gasteiger partial charge >= 0.3 is 0 Å². The minimum absolute atomic E-state index is 0.105. The van der Waals surface area contributed by atoms with Gasteiger partial charge in [-0.25, -0.2) is 4.99 Å². The van der Waals surface area contributed by atoms with Crippen molar-refractivity contribution in [3.05, 3.63) is 66.2 Å². The number of hydrogen-bond donors (Lipinski definition) is 4. The first-order chi connectivity index (χ1) is 13.7. The van der Waals surface area contributed by atoms with E-state index in [4.69, 9.17) is 0 Å². The van der Waals surface area contributed by atoms with Crippen molar-refractivity contribution in [3.8, 4) is 0 Å². The molecular weight excluding hydrogens is 354 g/mol. The number of aryl methyl sites for hydroxylation is 1. The lowest BCUT2D eigenvalue weighted by Crippen LogP contribution is -2.28. The molecule has 0 radical (unpaired) electrons. The highest BCUT2D eigenvalue weighted by Crippen LogP contribution is 2.27. The van der Waals surface area contributed by atoms with Crippen molar-refractivity contribution in [2.45, 2.75) is 13.3 Å². The molecular formula is C20H19N7O. The molecule has 1 fully saturated rings. The number of amidine groups is 1. The average molecular weight is 373 g/mol. The third kappa shape index (κ3) is 4.24. The van der Waals surface area contributed by atoms with Crippen molar-refractivity contribution >= 4 is 40.4 Å². The number of anilines is 4. The molecule has 1 saturated heterocycles. The molecule has 0 aliphatic carbocycles. The summed E-state index contributed by atoms with van der Waals surface area (Å²) >= 11 is 0. The fraction of sp³-hybridized carbons (Fsp3) is 0.100. The van der Waals surface area contributed by atoms with Crippen LogP contribution in [0.15, 0.2) is 65.7 Å². The molecule has 28 heavy (non-hydrogen) atoms. The molecule has 1 amide bonds. The number of benzene rings is 2. The minimum atomic E-state index is -0.105. The van der Waals surface area contributed by atoms with Crippen LogP contribution >= 0.6 is 0 Å². The molecule has 140 valence electrons. The maximum Gasteiger partial charge on any atom is 0.245 e. The van der Waals surface area contributed by atoms with Gasteiger partial charge in [-0.15, -0.1) is 10.2 Å². The normalized spacial score (nSPS) is 14.5. The van der Waals surface area contributed by atoms with Crippen molar-refractivity contribution in [1.82, 2.24) is 21.0 Å². The molecule has 0 unspecified atom stereocenters. The number of nitrogens with zero attached hydrogens (tertiary/aromatic N) is 3. The SMILES string of the molecule is Cc1cccc(Nc2ccc(Nc3ccccc3N=C3CC(=O)NN3)nn2)c1. The highest BCUT2D eigenvalue weighted by Gasteiger charge is 2.15. The van der Waals surface area contributed by atoms with Crippen LogP contribution < -0.4 is 21.5 Å². The number of carbonyl (C=O) groups is 1. The summed E-state index contributed by atoms with van der Waals surface area (Å²) < 4.78 is 0. The van der Waals surface area contributed by atoms with Crippen molar-refractivity contribution < 1.29 is 4.79 Å². The van der Waals surface area contributed by atoms with Crippen molar-refractivity contribution in [3.63, 3.8) is 0 Å². The Kier molecular flexibility index (Phi) is 4.83. The van der Waals surface area contributed by atoms with Crippen molar-refractivity contribution in [2.75, 3.05) is 10.6 Å². The summed E-state index contributed by atoms with van der Waals surface area (Å²) in [5.74, 6) is 1.72. The Labute approximate surface area is 162 Å². The molecule has 1 aliphatic heterocycles. The fourth-order valence-electron chi connectivity index (χ4n) is 2.75. The van der Waals surface area contributed by atoms with E-state index in [1.807, 2.05) is 67.6 Å². The Morgan fingerprint density at radius 3 is 2.43 bits per heavy atom. The molecule has 0 spiro atoms. The smallest absolute Gasteiger partial charge is 0.245 e. The minimum Gasteiger partial charge on any atom is -0.339 e. The Hall–Kier alpha value is -3.94. The summed E-state index contributed by atoms with van der Waals surface area (Å²) in [6.07, 6.45) is 0.230. The molecule has 0 atom stereocenters. The second-order valence-electron chi connectivity index (χ2n) is 6.35. The van der Waals surface area contributed by atoms with Gasteiger partial charge in [0.2, 0.25) is 5.91 Å². The number of hydrazine groups is 1. The number of rotatable bonds is 5. The molecule has 1 aliphatic rings. The van der Waals surface area contributed by atoms with Gasteiger partial charge in [0, 0.05) is 5.69 Å². The van der Waals surface area contributed by atoms with E-state index in [9.17, 15) is 4.79 Å². The summed E-state index contributed by atoms with van der Waals surface area (Å²) in [7, 11) is 0. The first-order valence-corrected chi connectivity index (χ1v) is 8.82. The fourth-order valence-corrected chi connectivity index (χ4v) is 2.75. The predicted octanol–water partition coefficient (Wildman–Crippen LogP) is 3.33. The Bertz CT molecular complexity index is 1030. The van der Waals surface area contributed by atoms with Crippen LogP contribution in [0.3, 0.4) is 0 Å². The van der Waals surface area contributed by atoms with Gasteiger partial charge in [-0.1, -0.05) is 24.3 Å². The highest BCUT2D eigenvalue weighted by molar-refractivity contribution is 6.06. The van der Waals surface area contributed by atoms with Crippen LogP contribution in [-0.2, 0) is 4.79 Å². The standard InChI is InChI=1S/C20H19N7O/c1-13-5-4-6-14(11-13)21-17-9-10-18(25-24-17)22-15-7-2-3-8-16(15)23-19-12-20(28)27-26-19/h2-11H,12H2,1H3,(H,21,24)(H,22,25)(H,23,26)(H,27,28). The van der Waals surface area contributed by atoms with Crippen molar-refractivity contribution in [2.24, 2.45) is 4.99 Å². The van der Waals surface area contributed by atoms with Crippen LogP contribution in [0.2, 0.25) is 0 Å². The maximum atomic E-state index is 11.3. The molecule has 0 saturated carbocycles. The monoisotopic (exact) mass is 373 g/mol. The van der Waals surface area contributed by atoms with E-state index in [0.717, 1.165) is 11.4 Å². The molecule has 4 N–H and O–H groups in total. The summed E-state index contributed by atoms with van der Waals surface area (Å²) in [6.45, 7) is 2.04. The summed E-state index contributed by atoms with van der Waals surface area (Å²) in [5.41, 5.74) is 8.88. The number of para-hydroxylation sites is 2. The van der Waals surface area contributed by atoms with Crippen LogP contribution in [0.5, 0.6) is 0 Å². The van der Waals surface area contributed by atoms with E-state index in [-0.39, 0.29) is 12.3 Å². The third-order valence-corrected chi connectivity index (χ3v) is 4.05. The van der Waals surface area contributed by atoms with E-state index >= 15 is 0 Å². The van der Waals surface area contributed by atoms with Gasteiger partial charge in [-0.2, -0.15) is 0 Å². The lowest BCUT2D eigenvalue weighted by atomic mass is 10.2. The lowest BCUT2D eigenvalue weighted by molar-refractivity contribution is -0.119. The maximum absolute atomic E-state index is 11.3. The first-order valence-electron chi connectivity index (χ1n) is 8.82. The van der Waals surface area contributed by atoms with Crippen LogP contribution in [0.1, 0.15) is 12.0 Å². The second-order valence-corrected chi connectivity index (χ2v) is 6.35. The zero-order valence-electron chi connectivity index (χ0n) is 15.2. The second kappa shape index (κ2) is 7.75. The number of aliphatic imine (C=N–C) groups is 1. The topological polar surface area (TPSA) is 103 Å². The summed E-state index contributed by atoms with van der Waals surface area (Å²) in [5, 5.41) is 14.9. The van der Waals surface area contributed by atoms with Crippen LogP contribution in [0.4, 0.5) is 28.7 Å². The lowest BCUT2D eigenvalue weighted by Gasteiger charge is -2.10. The van der Waals surface area contributed by atoms with Gasteiger partial charge in [0.15, 0.2) is 11.6 Å². The van der Waals surface area contributed by atoms with E-state index < -0.39 is 0 Å². The van der Waals surface area contributed by atoms with E-state index in [2.05, 4.69) is 36.7 Å². The van der Waals surface area contributed by atoms with Gasteiger partial charge in [0.25, 0.3) is 0 Å². The zero-order chi connectivity index (χ0) is 19.3. The summed E-state index contributed by atoms with van der Waals surface area (Å²) in [6, 6.07) is 19.3. The zero-order valence-corrected chi connectivity index (χ0v) is 15.2. The van der Waals surface area contributed by atoms with Gasteiger partial charge in [-0.3, -0.25) is 15.6 Å². The quantitative estimate of drug-likeness (QED) is 0.547. The molecule has 1 aromatic heterocycles. The number of carbonyl (C=O) groups excluding carboxylic acids is 1. The van der Waals surface area contributed by atoms with Gasteiger partial charge in [-0.05, 0) is 48.9 Å². The number of hydrogen-bond acceptors (Lipinski definition) is 6. The largest absolute Gasteiger partial charge is 0.339 e. The average Bonchev–Trinajstić information content (AvgIpc) is 3.10. The number of nitrogens with one attached hydrogen (secondary N) is 4. The molecule has 2 heterocycles. The van der Waals surface area contributed by atoms with Crippen molar-refractivity contribution in [1.29, 1.82) is 0 Å². The summed E-state index contributed by atoms with van der Waals surface area (Å²) in [4.78, 5) is 15.8. The third-order valence-electron chi connectivity index (χ3n) is 4.05. The van der Waals surface area contributed by atoms with Crippen LogP contribution in [0, 0.1) is 6.92 Å². The molecule has 4 rings (SSSR count). The van der Waals surface area contributed by atoms with Crippen LogP contribution in [0.25, 0.3) is 0 Å². The van der Waals surface area contributed by atoms with Crippen LogP contribution in [-0.4, -0.2) is 21.9 Å². The van der Waals surface area contributed by atoms with E-state index in [1.165, 1.54) is 5.56 Å². The predicted molar refractivity (Wildman–Crippen MR) is 109 cm³/mol. The molecule has 3 aromatic rings. The number of aromatic nitrogens is 2. The molecule has 0 bridgehead atoms.